The number of rotatable bonds is 2. The van der Waals surface area contributed by atoms with Gasteiger partial charge in [0.05, 0.1) is 15.6 Å². The van der Waals surface area contributed by atoms with Gasteiger partial charge in [0.1, 0.15) is 0 Å². The Labute approximate surface area is 118 Å². The number of aromatic nitrogens is 2. The number of halogens is 3. The van der Waals surface area contributed by atoms with Crippen LogP contribution in [0.5, 0.6) is 0 Å². The summed E-state index contributed by atoms with van der Waals surface area (Å²) in [6, 6.07) is 5.90. The molecule has 1 fully saturated rings. The second-order valence-electron chi connectivity index (χ2n) is 5.28. The van der Waals surface area contributed by atoms with Gasteiger partial charge in [-0.25, -0.2) is 8.78 Å². The Kier molecular flexibility index (Phi) is 3.33. The lowest BCUT2D eigenvalue weighted by molar-refractivity contribution is -0.0472. The molecule has 0 aliphatic heterocycles. The van der Waals surface area contributed by atoms with Crippen LogP contribution in [-0.4, -0.2) is 15.5 Å². The summed E-state index contributed by atoms with van der Waals surface area (Å²) in [5.41, 5.74) is 2.00. The highest BCUT2D eigenvalue weighted by Gasteiger charge is 2.35. The zero-order chi connectivity index (χ0) is 13.5. The molecule has 0 radical (unpaired) electrons. The Morgan fingerprint density at radius 2 is 2.11 bits per heavy atom. The monoisotopic (exact) mass is 328 g/mol. The molecule has 0 bridgehead atoms. The van der Waals surface area contributed by atoms with Crippen LogP contribution in [0.1, 0.15) is 25.7 Å². The Morgan fingerprint density at radius 1 is 1.37 bits per heavy atom. The van der Waals surface area contributed by atoms with Crippen molar-refractivity contribution in [1.82, 2.24) is 9.55 Å². The van der Waals surface area contributed by atoms with Crippen molar-refractivity contribution in [1.29, 1.82) is 0 Å². The lowest BCUT2D eigenvalue weighted by Gasteiger charge is -2.28. The Morgan fingerprint density at radius 3 is 2.84 bits per heavy atom. The summed E-state index contributed by atoms with van der Waals surface area (Å²) in [5.74, 6) is -2.12. The first-order valence-corrected chi connectivity index (χ1v) is 7.32. The summed E-state index contributed by atoms with van der Waals surface area (Å²) >= 11 is 3.53. The third-order valence-electron chi connectivity index (χ3n) is 3.90. The van der Waals surface area contributed by atoms with Gasteiger partial charge in [0, 0.05) is 25.6 Å². The zero-order valence-corrected chi connectivity index (χ0v) is 12.0. The lowest BCUT2D eigenvalue weighted by Crippen LogP contribution is -2.26. The van der Waals surface area contributed by atoms with E-state index >= 15 is 0 Å². The van der Waals surface area contributed by atoms with Crippen LogP contribution in [-0.2, 0) is 6.54 Å². The Bertz CT molecular complexity index is 584. The second kappa shape index (κ2) is 4.85. The summed E-state index contributed by atoms with van der Waals surface area (Å²) in [5, 5.41) is 0. The Balaban J connectivity index is 1.80. The van der Waals surface area contributed by atoms with Crippen molar-refractivity contribution >= 4 is 27.0 Å². The van der Waals surface area contributed by atoms with Crippen molar-refractivity contribution in [2.45, 2.75) is 38.2 Å². The molecule has 0 amide bonds. The van der Waals surface area contributed by atoms with E-state index in [1.54, 1.807) is 6.20 Å². The van der Waals surface area contributed by atoms with E-state index in [0.29, 0.717) is 18.8 Å². The van der Waals surface area contributed by atoms with E-state index in [2.05, 4.69) is 25.5 Å². The number of nitrogens with zero attached hydrogens (tertiary/aromatic N) is 2. The van der Waals surface area contributed by atoms with Gasteiger partial charge in [0.25, 0.3) is 0 Å². The zero-order valence-electron chi connectivity index (χ0n) is 10.5. The first-order valence-electron chi connectivity index (χ1n) is 6.53. The largest absolute Gasteiger partial charge is 0.334 e. The summed E-state index contributed by atoms with van der Waals surface area (Å²) in [7, 11) is 0. The van der Waals surface area contributed by atoms with Gasteiger partial charge < -0.3 is 4.57 Å². The van der Waals surface area contributed by atoms with Crippen LogP contribution >= 0.6 is 15.9 Å². The topological polar surface area (TPSA) is 17.8 Å². The van der Waals surface area contributed by atoms with Gasteiger partial charge in [-0.3, -0.25) is 4.98 Å². The first kappa shape index (κ1) is 13.0. The fraction of sp³-hybridized carbons (Fsp3) is 0.500. The first-order chi connectivity index (χ1) is 9.05. The third kappa shape index (κ3) is 2.66. The lowest BCUT2D eigenvalue weighted by atomic mass is 9.87. The van der Waals surface area contributed by atoms with E-state index in [9.17, 15) is 8.78 Å². The van der Waals surface area contributed by atoms with Crippen LogP contribution in [0.25, 0.3) is 11.0 Å². The minimum Gasteiger partial charge on any atom is -0.334 e. The number of hydrogen-bond acceptors (Lipinski definition) is 1. The van der Waals surface area contributed by atoms with Gasteiger partial charge >= 0.3 is 0 Å². The summed E-state index contributed by atoms with van der Waals surface area (Å²) in [6.45, 7) is 0.784. The number of alkyl halides is 2. The maximum absolute atomic E-state index is 13.2. The number of hydrogen-bond donors (Lipinski definition) is 0. The molecule has 5 heteroatoms. The predicted octanol–water partition coefficient (Wildman–Crippen LogP) is 4.62. The van der Waals surface area contributed by atoms with E-state index in [1.807, 2.05) is 18.2 Å². The maximum Gasteiger partial charge on any atom is 0.248 e. The van der Waals surface area contributed by atoms with Crippen LogP contribution in [0.3, 0.4) is 0 Å². The highest BCUT2D eigenvalue weighted by molar-refractivity contribution is 9.10. The molecule has 0 N–H and O–H groups in total. The summed E-state index contributed by atoms with van der Waals surface area (Å²) in [4.78, 5) is 4.31. The van der Waals surface area contributed by atoms with Crippen LogP contribution < -0.4 is 0 Å². The Hall–Kier alpha value is -0.970. The smallest absolute Gasteiger partial charge is 0.248 e. The fourth-order valence-corrected chi connectivity index (χ4v) is 3.33. The fourth-order valence-electron chi connectivity index (χ4n) is 2.78. The average molecular weight is 329 g/mol. The third-order valence-corrected chi connectivity index (χ3v) is 4.56. The molecule has 0 saturated heterocycles. The van der Waals surface area contributed by atoms with Crippen molar-refractivity contribution in [3.05, 3.63) is 29.0 Å². The van der Waals surface area contributed by atoms with Crippen LogP contribution in [0.2, 0.25) is 0 Å². The van der Waals surface area contributed by atoms with Gasteiger partial charge in [-0.2, -0.15) is 0 Å². The summed E-state index contributed by atoms with van der Waals surface area (Å²) in [6.07, 6.45) is 3.00. The van der Waals surface area contributed by atoms with Gasteiger partial charge in [-0.1, -0.05) is 0 Å². The minimum atomic E-state index is -2.45. The van der Waals surface area contributed by atoms with E-state index in [1.165, 1.54) is 0 Å². The number of fused-ring (bicyclic) bond motifs is 1. The molecule has 2 aromatic rings. The van der Waals surface area contributed by atoms with Crippen LogP contribution in [0, 0.1) is 5.92 Å². The standard InChI is InChI=1S/C14H15BrF2N2/c15-13-8-11-12(2-1-7-18-11)19(13)9-10-3-5-14(16,17)6-4-10/h1-2,7-8,10H,3-6,9H2. The molecule has 3 rings (SSSR count). The van der Waals surface area contributed by atoms with Gasteiger partial charge in [0.15, 0.2) is 0 Å². The molecule has 2 heterocycles. The van der Waals surface area contributed by atoms with E-state index in [-0.39, 0.29) is 12.8 Å². The van der Waals surface area contributed by atoms with Crippen LogP contribution in [0.4, 0.5) is 8.78 Å². The van der Waals surface area contributed by atoms with Crippen molar-refractivity contribution in [3.8, 4) is 0 Å². The SMILES string of the molecule is FC1(F)CCC(Cn2c(Br)cc3ncccc32)CC1. The molecule has 102 valence electrons. The number of pyridine rings is 1. The minimum absolute atomic E-state index is 0.0206. The van der Waals surface area contributed by atoms with E-state index < -0.39 is 5.92 Å². The van der Waals surface area contributed by atoms with Crippen molar-refractivity contribution in [3.63, 3.8) is 0 Å². The molecule has 0 aromatic carbocycles. The van der Waals surface area contributed by atoms with Gasteiger partial charge in [-0.15, -0.1) is 0 Å². The molecule has 2 nitrogen and oxygen atoms in total. The molecule has 19 heavy (non-hydrogen) atoms. The molecule has 2 aromatic heterocycles. The van der Waals surface area contributed by atoms with Crippen molar-refractivity contribution in [2.24, 2.45) is 5.92 Å². The van der Waals surface area contributed by atoms with E-state index in [4.69, 9.17) is 0 Å². The molecule has 0 spiro atoms. The molecular formula is C14H15BrF2N2. The van der Waals surface area contributed by atoms with Crippen molar-refractivity contribution < 1.29 is 8.78 Å². The predicted molar refractivity (Wildman–Crippen MR) is 74.3 cm³/mol. The molecular weight excluding hydrogens is 314 g/mol. The molecule has 0 unspecified atom stereocenters. The van der Waals surface area contributed by atoms with Crippen molar-refractivity contribution in [2.75, 3.05) is 0 Å². The average Bonchev–Trinajstić information content (AvgIpc) is 2.69. The molecule has 0 atom stereocenters. The van der Waals surface area contributed by atoms with Gasteiger partial charge in [-0.05, 0) is 52.9 Å². The normalized spacial score (nSPS) is 19.9. The highest BCUT2D eigenvalue weighted by Crippen LogP contribution is 2.37. The summed E-state index contributed by atoms with van der Waals surface area (Å²) < 4.78 is 29.4. The molecule has 1 aliphatic carbocycles. The highest BCUT2D eigenvalue weighted by atomic mass is 79.9. The van der Waals surface area contributed by atoms with Gasteiger partial charge in [0.2, 0.25) is 5.92 Å². The maximum atomic E-state index is 13.2. The molecule has 1 aliphatic rings. The van der Waals surface area contributed by atoms with Crippen LogP contribution in [0.15, 0.2) is 29.0 Å². The second-order valence-corrected chi connectivity index (χ2v) is 6.10. The quantitative estimate of drug-likeness (QED) is 0.786. The van der Waals surface area contributed by atoms with E-state index in [0.717, 1.165) is 22.2 Å². The molecule has 1 saturated carbocycles.